The highest BCUT2D eigenvalue weighted by molar-refractivity contribution is 7.99. The second-order valence-corrected chi connectivity index (χ2v) is 6.02. The largest absolute Gasteiger partial charge is 0.369 e. The highest BCUT2D eigenvalue weighted by Gasteiger charge is 2.15. The fraction of sp³-hybridized carbons (Fsp3) is 0.667. The zero-order valence-corrected chi connectivity index (χ0v) is 11.9. The first kappa shape index (κ1) is 14.1. The van der Waals surface area contributed by atoms with Gasteiger partial charge in [0.05, 0.1) is 0 Å². The number of nitrogens with zero attached hydrogens (tertiary/aromatic N) is 2. The van der Waals surface area contributed by atoms with Crippen LogP contribution in [0.5, 0.6) is 0 Å². The van der Waals surface area contributed by atoms with E-state index in [0.717, 1.165) is 25.3 Å². The summed E-state index contributed by atoms with van der Waals surface area (Å²) in [6.07, 6.45) is 4.97. The van der Waals surface area contributed by atoms with Crippen molar-refractivity contribution in [2.75, 3.05) is 30.0 Å². The van der Waals surface area contributed by atoms with Gasteiger partial charge >= 0.3 is 0 Å². The van der Waals surface area contributed by atoms with Crippen LogP contribution in [-0.2, 0) is 0 Å². The predicted octanol–water partition coefficient (Wildman–Crippen LogP) is 2.85. The summed E-state index contributed by atoms with van der Waals surface area (Å²) in [6, 6.07) is 1.90. The average Bonchev–Trinajstić information content (AvgIpc) is 2.35. The van der Waals surface area contributed by atoms with Gasteiger partial charge in [-0.25, -0.2) is 4.98 Å². The van der Waals surface area contributed by atoms with E-state index in [0.29, 0.717) is 5.95 Å². The molecule has 0 saturated heterocycles. The molecule has 17 heavy (non-hydrogen) atoms. The summed E-state index contributed by atoms with van der Waals surface area (Å²) in [4.78, 5) is 8.58. The minimum Gasteiger partial charge on any atom is -0.369 e. The van der Waals surface area contributed by atoms with Crippen LogP contribution in [0.1, 0.15) is 27.2 Å². The maximum atomic E-state index is 4.41. The van der Waals surface area contributed by atoms with Crippen LogP contribution in [0.3, 0.4) is 0 Å². The summed E-state index contributed by atoms with van der Waals surface area (Å²) in [6.45, 7) is 8.33. The van der Waals surface area contributed by atoms with Gasteiger partial charge in [-0.15, -0.1) is 0 Å². The van der Waals surface area contributed by atoms with Crippen LogP contribution in [0.25, 0.3) is 0 Å². The van der Waals surface area contributed by atoms with Gasteiger partial charge in [-0.2, -0.15) is 16.7 Å². The number of anilines is 2. The summed E-state index contributed by atoms with van der Waals surface area (Å²) in [5.74, 6) is 1.57. The van der Waals surface area contributed by atoms with Crippen molar-refractivity contribution in [1.29, 1.82) is 0 Å². The third kappa shape index (κ3) is 5.26. The first-order valence-electron chi connectivity index (χ1n) is 5.93. The summed E-state index contributed by atoms with van der Waals surface area (Å²) in [7, 11) is 0. The molecule has 0 atom stereocenters. The van der Waals surface area contributed by atoms with Crippen LogP contribution in [0, 0.1) is 0 Å². The lowest BCUT2D eigenvalue weighted by atomic mass is 10.2. The van der Waals surface area contributed by atoms with Crippen molar-refractivity contribution < 1.29 is 0 Å². The Morgan fingerprint density at radius 1 is 1.35 bits per heavy atom. The number of aromatic nitrogens is 2. The van der Waals surface area contributed by atoms with Gasteiger partial charge in [0.2, 0.25) is 5.95 Å². The second kappa shape index (κ2) is 6.69. The Bertz CT molecular complexity index is 341. The van der Waals surface area contributed by atoms with Crippen LogP contribution in [0.4, 0.5) is 11.8 Å². The summed E-state index contributed by atoms with van der Waals surface area (Å²) < 4.78 is 0.210. The van der Waals surface area contributed by atoms with Gasteiger partial charge in [-0.05, 0) is 32.6 Å². The summed E-state index contributed by atoms with van der Waals surface area (Å²) >= 11 is 1.84. The quantitative estimate of drug-likeness (QED) is 0.783. The molecule has 0 amide bonds. The first-order chi connectivity index (χ1) is 8.07. The zero-order valence-electron chi connectivity index (χ0n) is 11.1. The number of nitrogens with one attached hydrogen (secondary N) is 2. The molecule has 0 aliphatic heterocycles. The van der Waals surface area contributed by atoms with Crippen LogP contribution >= 0.6 is 11.8 Å². The van der Waals surface area contributed by atoms with Gasteiger partial charge in [-0.3, -0.25) is 0 Å². The minimum absolute atomic E-state index is 0.210. The van der Waals surface area contributed by atoms with Crippen molar-refractivity contribution in [3.8, 4) is 0 Å². The lowest BCUT2D eigenvalue weighted by molar-refractivity contribution is 0.749. The molecule has 0 aliphatic carbocycles. The Morgan fingerprint density at radius 3 is 2.76 bits per heavy atom. The van der Waals surface area contributed by atoms with Crippen molar-refractivity contribution in [3.05, 3.63) is 12.3 Å². The number of rotatable bonds is 7. The standard InChI is InChI=1S/C12H22N4S/c1-5-7-13-11-14-8-6-10(16-11)15-9-12(2,3)17-4/h6,8H,5,7,9H2,1-4H3,(H2,13,14,15,16). The fourth-order valence-corrected chi connectivity index (χ4v) is 1.37. The van der Waals surface area contributed by atoms with E-state index in [2.05, 4.69) is 47.6 Å². The predicted molar refractivity (Wildman–Crippen MR) is 76.9 cm³/mol. The Labute approximate surface area is 108 Å². The fourth-order valence-electron chi connectivity index (χ4n) is 1.15. The van der Waals surface area contributed by atoms with Crippen LogP contribution in [0.15, 0.2) is 12.3 Å². The molecule has 0 spiro atoms. The van der Waals surface area contributed by atoms with E-state index in [-0.39, 0.29) is 4.75 Å². The number of hydrogen-bond acceptors (Lipinski definition) is 5. The summed E-state index contributed by atoms with van der Waals surface area (Å²) in [5.41, 5.74) is 0. The Hall–Kier alpha value is -0.970. The van der Waals surface area contributed by atoms with E-state index in [9.17, 15) is 0 Å². The van der Waals surface area contributed by atoms with Gasteiger partial charge in [0.25, 0.3) is 0 Å². The number of hydrogen-bond donors (Lipinski definition) is 2. The smallest absolute Gasteiger partial charge is 0.224 e. The van der Waals surface area contributed by atoms with E-state index in [1.54, 1.807) is 6.20 Å². The van der Waals surface area contributed by atoms with Gasteiger partial charge < -0.3 is 10.6 Å². The molecule has 0 unspecified atom stereocenters. The molecule has 1 heterocycles. The molecule has 1 aromatic heterocycles. The van der Waals surface area contributed by atoms with Crippen molar-refractivity contribution >= 4 is 23.5 Å². The first-order valence-corrected chi connectivity index (χ1v) is 7.16. The van der Waals surface area contributed by atoms with E-state index < -0.39 is 0 Å². The molecule has 1 aromatic rings. The normalized spacial score (nSPS) is 11.3. The lowest BCUT2D eigenvalue weighted by Gasteiger charge is -2.22. The molecule has 0 aromatic carbocycles. The maximum Gasteiger partial charge on any atom is 0.224 e. The molecule has 0 bridgehead atoms. The molecule has 0 aliphatic rings. The SMILES string of the molecule is CCCNc1nccc(NCC(C)(C)SC)n1. The van der Waals surface area contributed by atoms with Crippen LogP contribution < -0.4 is 10.6 Å². The molecular formula is C12H22N4S. The maximum absolute atomic E-state index is 4.41. The molecule has 1 rings (SSSR count). The highest BCUT2D eigenvalue weighted by atomic mass is 32.2. The third-order valence-electron chi connectivity index (χ3n) is 2.44. The van der Waals surface area contributed by atoms with Crippen molar-refractivity contribution in [2.45, 2.75) is 31.9 Å². The summed E-state index contributed by atoms with van der Waals surface area (Å²) in [5, 5.41) is 6.52. The Morgan fingerprint density at radius 2 is 2.12 bits per heavy atom. The molecule has 0 radical (unpaired) electrons. The third-order valence-corrected chi connectivity index (χ3v) is 3.69. The highest BCUT2D eigenvalue weighted by Crippen LogP contribution is 2.21. The Balaban J connectivity index is 2.53. The monoisotopic (exact) mass is 254 g/mol. The Kier molecular flexibility index (Phi) is 5.55. The van der Waals surface area contributed by atoms with Crippen molar-refractivity contribution in [3.63, 3.8) is 0 Å². The van der Waals surface area contributed by atoms with Gasteiger partial charge in [-0.1, -0.05) is 6.92 Å². The molecular weight excluding hydrogens is 232 g/mol. The topological polar surface area (TPSA) is 49.8 Å². The van der Waals surface area contributed by atoms with Crippen molar-refractivity contribution in [1.82, 2.24) is 9.97 Å². The van der Waals surface area contributed by atoms with Crippen LogP contribution in [0.2, 0.25) is 0 Å². The van der Waals surface area contributed by atoms with Gasteiger partial charge in [0.1, 0.15) is 5.82 Å². The molecule has 5 heteroatoms. The van der Waals surface area contributed by atoms with Crippen molar-refractivity contribution in [2.24, 2.45) is 0 Å². The second-order valence-electron chi connectivity index (χ2n) is 4.51. The molecule has 96 valence electrons. The van der Waals surface area contributed by atoms with Crippen LogP contribution in [-0.4, -0.2) is 34.1 Å². The average molecular weight is 254 g/mol. The van der Waals surface area contributed by atoms with E-state index in [4.69, 9.17) is 0 Å². The minimum atomic E-state index is 0.210. The lowest BCUT2D eigenvalue weighted by Crippen LogP contribution is -2.26. The van der Waals surface area contributed by atoms with E-state index in [1.165, 1.54) is 0 Å². The molecule has 2 N–H and O–H groups in total. The van der Waals surface area contributed by atoms with Gasteiger partial charge in [0, 0.05) is 24.0 Å². The molecule has 4 nitrogen and oxygen atoms in total. The molecule has 0 saturated carbocycles. The molecule has 0 fully saturated rings. The van der Waals surface area contributed by atoms with E-state index in [1.807, 2.05) is 17.8 Å². The van der Waals surface area contributed by atoms with Gasteiger partial charge in [0.15, 0.2) is 0 Å². The van der Waals surface area contributed by atoms with E-state index >= 15 is 0 Å². The number of thioether (sulfide) groups is 1. The zero-order chi connectivity index (χ0) is 12.7.